The summed E-state index contributed by atoms with van der Waals surface area (Å²) >= 11 is 0. The van der Waals surface area contributed by atoms with Crippen molar-refractivity contribution in [1.82, 2.24) is 10.2 Å². The summed E-state index contributed by atoms with van der Waals surface area (Å²) in [6.45, 7) is 2.51. The molecule has 1 aromatic rings. The van der Waals surface area contributed by atoms with Gasteiger partial charge in [-0.2, -0.15) is 0 Å². The molecule has 2 atom stereocenters. The zero-order valence-electron chi connectivity index (χ0n) is 12.0. The fraction of sp³-hybridized carbons (Fsp3) is 0.467. The summed E-state index contributed by atoms with van der Waals surface area (Å²) in [4.78, 5) is 24.1. The number of nitrogens with zero attached hydrogens (tertiary/aromatic N) is 1. The van der Waals surface area contributed by atoms with Crippen LogP contribution < -0.4 is 5.32 Å². The van der Waals surface area contributed by atoms with Gasteiger partial charge in [0.2, 0.25) is 0 Å². The van der Waals surface area contributed by atoms with Crippen molar-refractivity contribution in [1.29, 1.82) is 0 Å². The average molecular weight is 292 g/mol. The number of ether oxygens (including phenoxy) is 1. The van der Waals surface area contributed by atoms with Gasteiger partial charge >= 0.3 is 12.2 Å². The minimum atomic E-state index is -0.910. The van der Waals surface area contributed by atoms with Gasteiger partial charge in [0.05, 0.1) is 0 Å². The standard InChI is InChI=1S/C15H20N2O4/c1-11-9-13(7-8-17(11)15(19)20)16-14(18)21-10-12-5-3-2-4-6-12/h2-6,11,13H,7-10H2,1H3,(H,16,18)(H,19,20)/t11-,13?/m0/s1. The van der Waals surface area contributed by atoms with Crippen molar-refractivity contribution in [3.05, 3.63) is 35.9 Å². The van der Waals surface area contributed by atoms with Gasteiger partial charge in [-0.05, 0) is 25.3 Å². The molecule has 0 aromatic heterocycles. The minimum absolute atomic E-state index is 0.0427. The Morgan fingerprint density at radius 3 is 2.71 bits per heavy atom. The number of hydrogen-bond acceptors (Lipinski definition) is 3. The molecular weight excluding hydrogens is 272 g/mol. The summed E-state index contributed by atoms with van der Waals surface area (Å²) in [5.74, 6) is 0. The lowest BCUT2D eigenvalue weighted by molar-refractivity contribution is 0.0965. The number of hydrogen-bond donors (Lipinski definition) is 2. The van der Waals surface area contributed by atoms with Crippen molar-refractivity contribution in [3.8, 4) is 0 Å². The van der Waals surface area contributed by atoms with Crippen LogP contribution in [-0.4, -0.2) is 40.8 Å². The largest absolute Gasteiger partial charge is 0.465 e. The van der Waals surface area contributed by atoms with E-state index in [-0.39, 0.29) is 18.7 Å². The quantitative estimate of drug-likeness (QED) is 0.897. The van der Waals surface area contributed by atoms with E-state index in [9.17, 15) is 9.59 Å². The zero-order chi connectivity index (χ0) is 15.2. The molecule has 0 spiro atoms. The number of amides is 2. The van der Waals surface area contributed by atoms with Crippen LogP contribution in [0.3, 0.4) is 0 Å². The molecule has 6 heteroatoms. The van der Waals surface area contributed by atoms with Gasteiger partial charge in [0.1, 0.15) is 6.61 Å². The molecule has 2 amide bonds. The molecule has 0 radical (unpaired) electrons. The maximum atomic E-state index is 11.7. The van der Waals surface area contributed by atoms with E-state index in [1.165, 1.54) is 4.90 Å². The number of alkyl carbamates (subject to hydrolysis) is 1. The van der Waals surface area contributed by atoms with Gasteiger partial charge in [0.15, 0.2) is 0 Å². The molecule has 1 fully saturated rings. The Labute approximate surface area is 123 Å². The van der Waals surface area contributed by atoms with Crippen LogP contribution in [0.4, 0.5) is 9.59 Å². The average Bonchev–Trinajstić information content (AvgIpc) is 2.46. The van der Waals surface area contributed by atoms with Crippen molar-refractivity contribution < 1.29 is 19.4 Å². The molecule has 0 saturated carbocycles. The Bertz CT molecular complexity index is 492. The summed E-state index contributed by atoms with van der Waals surface area (Å²) in [5, 5.41) is 11.8. The van der Waals surface area contributed by atoms with E-state index in [4.69, 9.17) is 9.84 Å². The molecule has 1 heterocycles. The SMILES string of the molecule is C[C@H]1CC(NC(=O)OCc2ccccc2)CCN1C(=O)O. The molecular formula is C15H20N2O4. The summed E-state index contributed by atoms with van der Waals surface area (Å²) in [5.41, 5.74) is 0.932. The predicted molar refractivity (Wildman–Crippen MR) is 77.0 cm³/mol. The van der Waals surface area contributed by atoms with E-state index in [1.54, 1.807) is 0 Å². The van der Waals surface area contributed by atoms with Gasteiger partial charge in [-0.3, -0.25) is 0 Å². The van der Waals surface area contributed by atoms with Gasteiger partial charge in [-0.25, -0.2) is 9.59 Å². The number of nitrogens with one attached hydrogen (secondary N) is 1. The Morgan fingerprint density at radius 1 is 1.38 bits per heavy atom. The van der Waals surface area contributed by atoms with Crippen molar-refractivity contribution in [2.75, 3.05) is 6.54 Å². The van der Waals surface area contributed by atoms with Crippen LogP contribution >= 0.6 is 0 Å². The molecule has 114 valence electrons. The highest BCUT2D eigenvalue weighted by atomic mass is 16.5. The second kappa shape index (κ2) is 6.97. The third-order valence-corrected chi connectivity index (χ3v) is 3.66. The number of likely N-dealkylation sites (tertiary alicyclic amines) is 1. The third kappa shape index (κ3) is 4.37. The van der Waals surface area contributed by atoms with Crippen LogP contribution in [0.2, 0.25) is 0 Å². The topological polar surface area (TPSA) is 78.9 Å². The molecule has 0 aliphatic carbocycles. The van der Waals surface area contributed by atoms with Gasteiger partial charge in [0.25, 0.3) is 0 Å². The smallest absolute Gasteiger partial charge is 0.407 e. The highest BCUT2D eigenvalue weighted by Gasteiger charge is 2.29. The minimum Gasteiger partial charge on any atom is -0.465 e. The molecule has 0 bridgehead atoms. The van der Waals surface area contributed by atoms with Crippen LogP contribution in [-0.2, 0) is 11.3 Å². The van der Waals surface area contributed by atoms with E-state index in [1.807, 2.05) is 37.3 Å². The fourth-order valence-electron chi connectivity index (χ4n) is 2.52. The van der Waals surface area contributed by atoms with Crippen molar-refractivity contribution in [3.63, 3.8) is 0 Å². The Hall–Kier alpha value is -2.24. The van der Waals surface area contributed by atoms with E-state index < -0.39 is 12.2 Å². The Kier molecular flexibility index (Phi) is 5.03. The number of piperidine rings is 1. The Morgan fingerprint density at radius 2 is 2.10 bits per heavy atom. The van der Waals surface area contributed by atoms with Gasteiger partial charge in [0, 0.05) is 18.6 Å². The van der Waals surface area contributed by atoms with Crippen LogP contribution in [0.1, 0.15) is 25.3 Å². The van der Waals surface area contributed by atoms with Crippen molar-refractivity contribution in [2.45, 2.75) is 38.5 Å². The fourth-order valence-corrected chi connectivity index (χ4v) is 2.52. The molecule has 1 unspecified atom stereocenters. The first-order valence-electron chi connectivity index (χ1n) is 7.03. The molecule has 6 nitrogen and oxygen atoms in total. The maximum Gasteiger partial charge on any atom is 0.407 e. The summed E-state index contributed by atoms with van der Waals surface area (Å²) in [6.07, 6.45) is -0.156. The van der Waals surface area contributed by atoms with Crippen molar-refractivity contribution in [2.24, 2.45) is 0 Å². The van der Waals surface area contributed by atoms with E-state index in [2.05, 4.69) is 5.32 Å². The molecule has 1 aliphatic rings. The molecule has 1 aliphatic heterocycles. The number of carboxylic acid groups (broad SMARTS) is 1. The van der Waals surface area contributed by atoms with Crippen molar-refractivity contribution >= 4 is 12.2 Å². The molecule has 2 rings (SSSR count). The number of benzene rings is 1. The Balaban J connectivity index is 1.75. The summed E-state index contributed by atoms with van der Waals surface area (Å²) in [7, 11) is 0. The lowest BCUT2D eigenvalue weighted by atomic mass is 9.99. The monoisotopic (exact) mass is 292 g/mol. The van der Waals surface area contributed by atoms with Crippen LogP contribution in [0.5, 0.6) is 0 Å². The highest BCUT2D eigenvalue weighted by Crippen LogP contribution is 2.17. The van der Waals surface area contributed by atoms with Crippen LogP contribution in [0.15, 0.2) is 30.3 Å². The predicted octanol–water partition coefficient (Wildman–Crippen LogP) is 2.44. The highest BCUT2D eigenvalue weighted by molar-refractivity contribution is 5.68. The van der Waals surface area contributed by atoms with Crippen LogP contribution in [0, 0.1) is 0 Å². The molecule has 1 aromatic carbocycles. The van der Waals surface area contributed by atoms with E-state index in [0.29, 0.717) is 19.4 Å². The first kappa shape index (κ1) is 15.2. The first-order valence-corrected chi connectivity index (χ1v) is 7.03. The summed E-state index contributed by atoms with van der Waals surface area (Å²) < 4.78 is 5.16. The molecule has 2 N–H and O–H groups in total. The zero-order valence-corrected chi connectivity index (χ0v) is 12.0. The van der Waals surface area contributed by atoms with Gasteiger partial charge < -0.3 is 20.1 Å². The van der Waals surface area contributed by atoms with E-state index in [0.717, 1.165) is 5.56 Å². The maximum absolute atomic E-state index is 11.7. The summed E-state index contributed by atoms with van der Waals surface area (Å²) in [6, 6.07) is 9.32. The second-order valence-corrected chi connectivity index (χ2v) is 5.25. The lowest BCUT2D eigenvalue weighted by Gasteiger charge is -2.35. The van der Waals surface area contributed by atoms with Gasteiger partial charge in [-0.15, -0.1) is 0 Å². The normalized spacial score (nSPS) is 21.7. The first-order chi connectivity index (χ1) is 10.1. The second-order valence-electron chi connectivity index (χ2n) is 5.25. The van der Waals surface area contributed by atoms with E-state index >= 15 is 0 Å². The lowest BCUT2D eigenvalue weighted by Crippen LogP contribution is -2.50. The number of carbonyl (C=O) groups is 2. The van der Waals surface area contributed by atoms with Crippen LogP contribution in [0.25, 0.3) is 0 Å². The van der Waals surface area contributed by atoms with Gasteiger partial charge in [-0.1, -0.05) is 30.3 Å². The molecule has 21 heavy (non-hydrogen) atoms. The third-order valence-electron chi connectivity index (χ3n) is 3.66. The molecule has 1 saturated heterocycles. The number of carbonyl (C=O) groups excluding carboxylic acids is 1. The number of rotatable bonds is 3.